The van der Waals surface area contributed by atoms with Crippen molar-refractivity contribution in [3.8, 4) is 0 Å². The maximum absolute atomic E-state index is 11.4. The summed E-state index contributed by atoms with van der Waals surface area (Å²) in [5.74, 6) is 0.106. The molecule has 0 spiro atoms. The molecule has 0 saturated carbocycles. The van der Waals surface area contributed by atoms with Crippen LogP contribution in [0.3, 0.4) is 0 Å². The Morgan fingerprint density at radius 2 is 2.19 bits per heavy atom. The Morgan fingerprint density at radius 1 is 1.43 bits per heavy atom. The first kappa shape index (κ1) is 15.3. The summed E-state index contributed by atoms with van der Waals surface area (Å²) in [5.41, 5.74) is 1.41. The number of hydrogen-bond donors (Lipinski definition) is 2. The van der Waals surface area contributed by atoms with E-state index >= 15 is 0 Å². The van der Waals surface area contributed by atoms with Crippen molar-refractivity contribution in [1.29, 1.82) is 0 Å². The monoisotopic (exact) mass is 327 g/mol. The molecule has 21 heavy (non-hydrogen) atoms. The van der Waals surface area contributed by atoms with Crippen LogP contribution < -0.4 is 10.6 Å². The lowest BCUT2D eigenvalue weighted by molar-refractivity contribution is -0.122. The Balaban J connectivity index is 1.49. The standard InChI is InChI=1S/C15H22ClN3OS/c1-17-15(20)9-19-6-4-10(5-7-19)18-12-2-3-13-11(12)8-14(16)21-13/h8,10,12,18H,2-7,9H2,1H3,(H,17,20). The van der Waals surface area contributed by atoms with E-state index in [2.05, 4.69) is 21.6 Å². The number of fused-ring (bicyclic) bond motifs is 1. The number of rotatable bonds is 4. The van der Waals surface area contributed by atoms with Crippen LogP contribution in [0.15, 0.2) is 6.07 Å². The van der Waals surface area contributed by atoms with Crippen molar-refractivity contribution in [3.63, 3.8) is 0 Å². The van der Waals surface area contributed by atoms with Gasteiger partial charge in [0, 0.05) is 37.1 Å². The smallest absolute Gasteiger partial charge is 0.233 e. The summed E-state index contributed by atoms with van der Waals surface area (Å²) in [4.78, 5) is 15.1. The van der Waals surface area contributed by atoms with Crippen molar-refractivity contribution in [3.05, 3.63) is 20.8 Å². The first-order valence-electron chi connectivity index (χ1n) is 7.63. The van der Waals surface area contributed by atoms with Gasteiger partial charge in [-0.1, -0.05) is 11.6 Å². The lowest BCUT2D eigenvalue weighted by atomic mass is 10.0. The molecule has 3 rings (SSSR count). The summed E-state index contributed by atoms with van der Waals surface area (Å²) in [5, 5.41) is 6.48. The average Bonchev–Trinajstić information content (AvgIpc) is 3.01. The van der Waals surface area contributed by atoms with Crippen LogP contribution in [0.5, 0.6) is 0 Å². The van der Waals surface area contributed by atoms with Crippen molar-refractivity contribution in [1.82, 2.24) is 15.5 Å². The Kier molecular flexibility index (Phi) is 4.84. The molecule has 2 N–H and O–H groups in total. The summed E-state index contributed by atoms with van der Waals surface area (Å²) in [6.45, 7) is 2.51. The third kappa shape index (κ3) is 3.59. The van der Waals surface area contributed by atoms with Gasteiger partial charge in [0.2, 0.25) is 5.91 Å². The van der Waals surface area contributed by atoms with E-state index in [-0.39, 0.29) is 5.91 Å². The zero-order chi connectivity index (χ0) is 14.8. The van der Waals surface area contributed by atoms with E-state index in [0.717, 1.165) is 36.7 Å². The van der Waals surface area contributed by atoms with Crippen LogP contribution >= 0.6 is 22.9 Å². The average molecular weight is 328 g/mol. The van der Waals surface area contributed by atoms with Crippen molar-refractivity contribution < 1.29 is 4.79 Å². The van der Waals surface area contributed by atoms with Crippen molar-refractivity contribution in [2.24, 2.45) is 0 Å². The molecule has 1 aromatic heterocycles. The van der Waals surface area contributed by atoms with Gasteiger partial charge in [-0.25, -0.2) is 0 Å². The minimum absolute atomic E-state index is 0.106. The molecule has 1 aliphatic heterocycles. The molecule has 1 fully saturated rings. The molecule has 0 aromatic carbocycles. The second-order valence-corrected chi connectivity index (χ2v) is 7.68. The van der Waals surface area contributed by atoms with Crippen LogP contribution in [-0.2, 0) is 11.2 Å². The van der Waals surface area contributed by atoms with E-state index in [1.807, 2.05) is 0 Å². The number of amides is 1. The minimum atomic E-state index is 0.106. The van der Waals surface area contributed by atoms with Crippen LogP contribution in [0.25, 0.3) is 0 Å². The maximum atomic E-state index is 11.4. The van der Waals surface area contributed by atoms with E-state index in [1.165, 1.54) is 16.9 Å². The van der Waals surface area contributed by atoms with Gasteiger partial charge in [-0.15, -0.1) is 11.3 Å². The molecule has 0 radical (unpaired) electrons. The number of likely N-dealkylation sites (tertiary alicyclic amines) is 1. The SMILES string of the molecule is CNC(=O)CN1CCC(NC2CCc3sc(Cl)cc32)CC1. The summed E-state index contributed by atoms with van der Waals surface area (Å²) in [7, 11) is 1.69. The number of nitrogens with one attached hydrogen (secondary N) is 2. The zero-order valence-electron chi connectivity index (χ0n) is 12.3. The van der Waals surface area contributed by atoms with Gasteiger partial charge in [0.15, 0.2) is 0 Å². The number of carbonyl (C=O) groups excluding carboxylic acids is 1. The van der Waals surface area contributed by atoms with Crippen LogP contribution in [0.2, 0.25) is 4.34 Å². The molecule has 1 saturated heterocycles. The molecule has 1 amide bonds. The number of carbonyl (C=O) groups is 1. The van der Waals surface area contributed by atoms with Crippen LogP contribution in [0.4, 0.5) is 0 Å². The molecule has 2 heterocycles. The molecular formula is C15H22ClN3OS. The maximum Gasteiger partial charge on any atom is 0.233 e. The largest absolute Gasteiger partial charge is 0.358 e. The highest BCUT2D eigenvalue weighted by Crippen LogP contribution is 2.39. The molecule has 1 atom stereocenters. The fourth-order valence-electron chi connectivity index (χ4n) is 3.33. The molecule has 116 valence electrons. The molecule has 2 aliphatic rings. The lowest BCUT2D eigenvalue weighted by Crippen LogP contribution is -2.46. The third-order valence-corrected chi connectivity index (χ3v) is 5.86. The van der Waals surface area contributed by atoms with Gasteiger partial charge in [0.1, 0.15) is 0 Å². The fourth-order valence-corrected chi connectivity index (χ4v) is 4.68. The Labute approximate surface area is 134 Å². The molecule has 1 aliphatic carbocycles. The molecule has 4 nitrogen and oxygen atoms in total. The Hall–Kier alpha value is -0.620. The summed E-state index contributed by atoms with van der Waals surface area (Å²) < 4.78 is 0.909. The first-order chi connectivity index (χ1) is 10.2. The number of nitrogens with zero attached hydrogens (tertiary/aromatic N) is 1. The summed E-state index contributed by atoms with van der Waals surface area (Å²) >= 11 is 7.84. The summed E-state index contributed by atoms with van der Waals surface area (Å²) in [6, 6.07) is 3.16. The molecule has 0 bridgehead atoms. The molecule has 1 aromatic rings. The zero-order valence-corrected chi connectivity index (χ0v) is 13.9. The molecule has 1 unspecified atom stereocenters. The second kappa shape index (κ2) is 6.65. The minimum Gasteiger partial charge on any atom is -0.358 e. The quantitative estimate of drug-likeness (QED) is 0.891. The van der Waals surface area contributed by atoms with Crippen molar-refractivity contribution >= 4 is 28.8 Å². The fraction of sp³-hybridized carbons (Fsp3) is 0.667. The number of hydrogen-bond acceptors (Lipinski definition) is 4. The number of likely N-dealkylation sites (N-methyl/N-ethyl adjacent to an activating group) is 1. The lowest BCUT2D eigenvalue weighted by Gasteiger charge is -2.33. The molecule has 6 heteroatoms. The van der Waals surface area contributed by atoms with E-state index in [4.69, 9.17) is 11.6 Å². The topological polar surface area (TPSA) is 44.4 Å². The number of thiophene rings is 1. The highest BCUT2D eigenvalue weighted by Gasteiger charge is 2.28. The normalized spacial score (nSPS) is 23.2. The third-order valence-electron chi connectivity index (χ3n) is 4.52. The second-order valence-electron chi connectivity index (χ2n) is 5.91. The molecular weight excluding hydrogens is 306 g/mol. The van der Waals surface area contributed by atoms with Gasteiger partial charge in [-0.05, 0) is 37.3 Å². The Bertz CT molecular complexity index is 511. The van der Waals surface area contributed by atoms with Gasteiger partial charge >= 0.3 is 0 Å². The number of piperidine rings is 1. The highest BCUT2D eigenvalue weighted by atomic mass is 35.5. The van der Waals surface area contributed by atoms with E-state index < -0.39 is 0 Å². The first-order valence-corrected chi connectivity index (χ1v) is 8.82. The Morgan fingerprint density at radius 3 is 2.90 bits per heavy atom. The van der Waals surface area contributed by atoms with Gasteiger partial charge in [0.05, 0.1) is 10.9 Å². The predicted octanol–water partition coefficient (Wildman–Crippen LogP) is 2.19. The number of aryl methyl sites for hydroxylation is 1. The summed E-state index contributed by atoms with van der Waals surface area (Å²) in [6.07, 6.45) is 4.57. The van der Waals surface area contributed by atoms with E-state index in [1.54, 1.807) is 18.4 Å². The van der Waals surface area contributed by atoms with E-state index in [9.17, 15) is 4.79 Å². The van der Waals surface area contributed by atoms with Crippen LogP contribution in [0.1, 0.15) is 35.7 Å². The van der Waals surface area contributed by atoms with Gasteiger partial charge in [0.25, 0.3) is 0 Å². The van der Waals surface area contributed by atoms with Gasteiger partial charge in [-0.3, -0.25) is 9.69 Å². The van der Waals surface area contributed by atoms with E-state index in [0.29, 0.717) is 18.6 Å². The van der Waals surface area contributed by atoms with Gasteiger partial charge < -0.3 is 10.6 Å². The number of halogens is 1. The van der Waals surface area contributed by atoms with Crippen molar-refractivity contribution in [2.45, 2.75) is 37.8 Å². The van der Waals surface area contributed by atoms with Crippen LogP contribution in [-0.4, -0.2) is 43.5 Å². The van der Waals surface area contributed by atoms with Crippen molar-refractivity contribution in [2.75, 3.05) is 26.7 Å². The van der Waals surface area contributed by atoms with Gasteiger partial charge in [-0.2, -0.15) is 0 Å². The highest BCUT2D eigenvalue weighted by molar-refractivity contribution is 7.16. The predicted molar refractivity (Wildman–Crippen MR) is 87.1 cm³/mol. The van der Waals surface area contributed by atoms with Crippen LogP contribution in [0, 0.1) is 0 Å².